The second kappa shape index (κ2) is 5.19. The Morgan fingerprint density at radius 1 is 1.10 bits per heavy atom. The lowest BCUT2D eigenvalue weighted by Gasteiger charge is -2.33. The Labute approximate surface area is 123 Å². The Balaban J connectivity index is 1.86. The fourth-order valence-corrected chi connectivity index (χ4v) is 3.17. The highest BCUT2D eigenvalue weighted by Gasteiger charge is 2.33. The first-order valence-electron chi connectivity index (χ1n) is 6.79. The Hall–Kier alpha value is -1.38. The van der Waals surface area contributed by atoms with Crippen molar-refractivity contribution in [3.05, 3.63) is 70.0 Å². The van der Waals surface area contributed by atoms with Gasteiger partial charge in [-0.15, -0.1) is 0 Å². The molecule has 0 radical (unpaired) electrons. The van der Waals surface area contributed by atoms with Crippen molar-refractivity contribution in [2.45, 2.75) is 31.3 Å². The summed E-state index contributed by atoms with van der Waals surface area (Å²) in [7, 11) is 0. The first-order valence-corrected chi connectivity index (χ1v) is 7.17. The monoisotopic (exact) mass is 290 g/mol. The van der Waals surface area contributed by atoms with Gasteiger partial charge in [0.25, 0.3) is 0 Å². The van der Waals surface area contributed by atoms with Crippen molar-refractivity contribution in [1.82, 2.24) is 0 Å². The van der Waals surface area contributed by atoms with Crippen LogP contribution < -0.4 is 0 Å². The predicted octanol–water partition coefficient (Wildman–Crippen LogP) is 3.94. The van der Waals surface area contributed by atoms with Crippen LogP contribution in [0.2, 0.25) is 5.02 Å². The van der Waals surface area contributed by atoms with Crippen LogP contribution in [0.3, 0.4) is 0 Å². The van der Waals surface area contributed by atoms with E-state index in [2.05, 4.69) is 6.07 Å². The Morgan fingerprint density at radius 2 is 1.85 bits per heavy atom. The molecule has 2 aromatic carbocycles. The van der Waals surface area contributed by atoms with Crippen LogP contribution in [-0.2, 0) is 19.3 Å². The molecule has 1 aliphatic rings. The van der Waals surface area contributed by atoms with Crippen molar-refractivity contribution in [2.75, 3.05) is 0 Å². The van der Waals surface area contributed by atoms with Crippen molar-refractivity contribution < 1.29 is 9.50 Å². The van der Waals surface area contributed by atoms with Gasteiger partial charge in [-0.3, -0.25) is 0 Å². The summed E-state index contributed by atoms with van der Waals surface area (Å²) in [5.74, 6) is -0.415. The van der Waals surface area contributed by atoms with E-state index in [-0.39, 0.29) is 5.02 Å². The molecule has 0 aliphatic heterocycles. The van der Waals surface area contributed by atoms with Gasteiger partial charge in [0, 0.05) is 12.8 Å². The number of halogens is 2. The Bertz CT molecular complexity index is 641. The topological polar surface area (TPSA) is 20.2 Å². The highest BCUT2D eigenvalue weighted by atomic mass is 35.5. The van der Waals surface area contributed by atoms with E-state index in [0.717, 1.165) is 12.0 Å². The number of hydrogen-bond donors (Lipinski definition) is 1. The van der Waals surface area contributed by atoms with Gasteiger partial charge in [-0.2, -0.15) is 0 Å². The maximum absolute atomic E-state index is 14.0. The maximum Gasteiger partial charge on any atom is 0.145 e. The second-order valence-corrected chi connectivity index (χ2v) is 5.97. The van der Waals surface area contributed by atoms with Crippen molar-refractivity contribution in [1.29, 1.82) is 0 Å². The molecule has 0 saturated heterocycles. The van der Waals surface area contributed by atoms with Crippen LogP contribution in [0.25, 0.3) is 0 Å². The molecule has 0 aromatic heterocycles. The average molecular weight is 291 g/mol. The van der Waals surface area contributed by atoms with Crippen LogP contribution in [0.5, 0.6) is 0 Å². The van der Waals surface area contributed by atoms with Crippen LogP contribution in [0.1, 0.15) is 23.1 Å². The molecule has 1 aliphatic carbocycles. The zero-order valence-corrected chi connectivity index (χ0v) is 11.8. The SMILES string of the molecule is OC1(Cc2cccc(Cl)c2F)CCc2ccccc2C1. The number of benzene rings is 2. The molecule has 0 bridgehead atoms. The summed E-state index contributed by atoms with van der Waals surface area (Å²) in [6.07, 6.45) is 2.34. The van der Waals surface area contributed by atoms with Crippen molar-refractivity contribution in [3.63, 3.8) is 0 Å². The molecule has 20 heavy (non-hydrogen) atoms. The summed E-state index contributed by atoms with van der Waals surface area (Å²) in [5, 5.41) is 10.9. The van der Waals surface area contributed by atoms with E-state index in [1.54, 1.807) is 12.1 Å². The van der Waals surface area contributed by atoms with Gasteiger partial charge >= 0.3 is 0 Å². The number of hydrogen-bond acceptors (Lipinski definition) is 1. The Kier molecular flexibility index (Phi) is 3.53. The van der Waals surface area contributed by atoms with Crippen molar-refractivity contribution in [3.8, 4) is 0 Å². The summed E-state index contributed by atoms with van der Waals surface area (Å²) in [6, 6.07) is 13.1. The molecule has 0 heterocycles. The highest BCUT2D eigenvalue weighted by molar-refractivity contribution is 6.30. The predicted molar refractivity (Wildman–Crippen MR) is 78.5 cm³/mol. The smallest absolute Gasteiger partial charge is 0.145 e. The normalized spacial score (nSPS) is 21.6. The van der Waals surface area contributed by atoms with Crippen LogP contribution in [0.15, 0.2) is 42.5 Å². The van der Waals surface area contributed by atoms with E-state index in [1.807, 2.05) is 18.2 Å². The van der Waals surface area contributed by atoms with Gasteiger partial charge < -0.3 is 5.11 Å². The number of fused-ring (bicyclic) bond motifs is 1. The number of aliphatic hydroxyl groups is 1. The van der Waals surface area contributed by atoms with E-state index in [1.165, 1.54) is 11.6 Å². The average Bonchev–Trinajstić information content (AvgIpc) is 2.44. The second-order valence-electron chi connectivity index (χ2n) is 5.56. The zero-order valence-electron chi connectivity index (χ0n) is 11.1. The lowest BCUT2D eigenvalue weighted by Crippen LogP contribution is -2.38. The van der Waals surface area contributed by atoms with Gasteiger partial charge in [0.05, 0.1) is 10.6 Å². The van der Waals surface area contributed by atoms with Crippen molar-refractivity contribution in [2.24, 2.45) is 0 Å². The minimum absolute atomic E-state index is 0.113. The van der Waals surface area contributed by atoms with Gasteiger partial charge in [-0.1, -0.05) is 48.0 Å². The van der Waals surface area contributed by atoms with E-state index in [0.29, 0.717) is 24.8 Å². The number of rotatable bonds is 2. The first kappa shape index (κ1) is 13.6. The molecular formula is C17H16ClFO. The molecule has 2 aromatic rings. The number of aryl methyl sites for hydroxylation is 1. The van der Waals surface area contributed by atoms with Crippen LogP contribution in [0, 0.1) is 5.82 Å². The van der Waals surface area contributed by atoms with Gasteiger partial charge in [-0.25, -0.2) is 4.39 Å². The van der Waals surface area contributed by atoms with Gasteiger partial charge in [0.15, 0.2) is 0 Å². The van der Waals surface area contributed by atoms with Gasteiger partial charge in [0.2, 0.25) is 0 Å². The molecule has 1 N–H and O–H groups in total. The molecule has 104 valence electrons. The standard InChI is InChI=1S/C17H16ClFO/c18-15-7-3-6-14(16(15)19)11-17(20)9-8-12-4-1-2-5-13(12)10-17/h1-7,20H,8-11H2. The van der Waals surface area contributed by atoms with Gasteiger partial charge in [0.1, 0.15) is 5.82 Å². The lowest BCUT2D eigenvalue weighted by molar-refractivity contribution is 0.0259. The van der Waals surface area contributed by atoms with E-state index in [4.69, 9.17) is 11.6 Å². The molecule has 0 saturated carbocycles. The van der Waals surface area contributed by atoms with E-state index < -0.39 is 11.4 Å². The summed E-state index contributed by atoms with van der Waals surface area (Å²) < 4.78 is 14.0. The molecule has 3 heteroatoms. The fourth-order valence-electron chi connectivity index (χ4n) is 2.97. The molecular weight excluding hydrogens is 275 g/mol. The zero-order chi connectivity index (χ0) is 14.2. The third kappa shape index (κ3) is 2.58. The van der Waals surface area contributed by atoms with Crippen LogP contribution in [0.4, 0.5) is 4.39 Å². The van der Waals surface area contributed by atoms with Crippen LogP contribution >= 0.6 is 11.6 Å². The molecule has 1 nitrogen and oxygen atoms in total. The van der Waals surface area contributed by atoms with Crippen LogP contribution in [-0.4, -0.2) is 10.7 Å². The van der Waals surface area contributed by atoms with Crippen molar-refractivity contribution >= 4 is 11.6 Å². The molecule has 0 fully saturated rings. The summed E-state index contributed by atoms with van der Waals surface area (Å²) >= 11 is 5.80. The minimum Gasteiger partial charge on any atom is -0.389 e. The van der Waals surface area contributed by atoms with Gasteiger partial charge in [-0.05, 0) is 35.6 Å². The maximum atomic E-state index is 14.0. The molecule has 0 amide bonds. The molecule has 3 rings (SSSR count). The fraction of sp³-hybridized carbons (Fsp3) is 0.294. The molecule has 0 spiro atoms. The summed E-state index contributed by atoms with van der Waals surface area (Å²) in [4.78, 5) is 0. The largest absolute Gasteiger partial charge is 0.389 e. The summed E-state index contributed by atoms with van der Waals surface area (Å²) in [6.45, 7) is 0. The summed E-state index contributed by atoms with van der Waals surface area (Å²) in [5.41, 5.74) is 2.03. The van der Waals surface area contributed by atoms with E-state index in [9.17, 15) is 9.50 Å². The minimum atomic E-state index is -0.889. The quantitative estimate of drug-likeness (QED) is 0.888. The third-order valence-corrected chi connectivity index (χ3v) is 4.34. The molecule has 1 unspecified atom stereocenters. The third-order valence-electron chi connectivity index (χ3n) is 4.05. The lowest BCUT2D eigenvalue weighted by atomic mass is 9.77. The van der Waals surface area contributed by atoms with E-state index >= 15 is 0 Å². The molecule has 1 atom stereocenters. The Morgan fingerprint density at radius 3 is 2.65 bits per heavy atom. The first-order chi connectivity index (χ1) is 9.57. The highest BCUT2D eigenvalue weighted by Crippen LogP contribution is 2.32.